The molecule has 0 aromatic carbocycles. The normalized spacial score (nSPS) is 27.6. The van der Waals surface area contributed by atoms with Crippen molar-refractivity contribution in [3.63, 3.8) is 0 Å². The Hall–Kier alpha value is -0.190. The number of pyridine rings is 1. The van der Waals surface area contributed by atoms with E-state index < -0.39 is 0 Å². The SMILES string of the molecule is CC1SCCSC1C(N)Cc1cccnc1. The van der Waals surface area contributed by atoms with Crippen LogP contribution in [0.15, 0.2) is 24.5 Å². The molecule has 0 aliphatic carbocycles. The van der Waals surface area contributed by atoms with E-state index in [1.54, 1.807) is 0 Å². The Morgan fingerprint density at radius 1 is 1.50 bits per heavy atom. The number of hydrogen-bond donors (Lipinski definition) is 1. The van der Waals surface area contributed by atoms with E-state index in [1.807, 2.05) is 42.0 Å². The van der Waals surface area contributed by atoms with Gasteiger partial charge in [0.15, 0.2) is 0 Å². The molecule has 0 saturated carbocycles. The van der Waals surface area contributed by atoms with E-state index in [2.05, 4.69) is 18.0 Å². The number of rotatable bonds is 3. The van der Waals surface area contributed by atoms with Crippen LogP contribution in [-0.2, 0) is 6.42 Å². The Labute approximate surface area is 106 Å². The summed E-state index contributed by atoms with van der Waals surface area (Å²) in [5.41, 5.74) is 7.56. The van der Waals surface area contributed by atoms with Crippen molar-refractivity contribution in [1.29, 1.82) is 0 Å². The Balaban J connectivity index is 1.94. The predicted octanol–water partition coefficient (Wildman–Crippen LogP) is 2.19. The van der Waals surface area contributed by atoms with Crippen LogP contribution in [-0.4, -0.2) is 33.0 Å². The van der Waals surface area contributed by atoms with Gasteiger partial charge in [-0.2, -0.15) is 23.5 Å². The molecule has 1 aromatic rings. The molecular formula is C12H18N2S2. The van der Waals surface area contributed by atoms with Gasteiger partial charge < -0.3 is 5.73 Å². The van der Waals surface area contributed by atoms with Gasteiger partial charge in [-0.1, -0.05) is 13.0 Å². The van der Waals surface area contributed by atoms with Crippen molar-refractivity contribution in [1.82, 2.24) is 4.98 Å². The van der Waals surface area contributed by atoms with Crippen molar-refractivity contribution >= 4 is 23.5 Å². The largest absolute Gasteiger partial charge is 0.326 e. The Bertz CT molecular complexity index is 318. The zero-order valence-corrected chi connectivity index (χ0v) is 11.1. The smallest absolute Gasteiger partial charge is 0.0318 e. The molecule has 4 heteroatoms. The average molecular weight is 254 g/mol. The van der Waals surface area contributed by atoms with Gasteiger partial charge in [-0.3, -0.25) is 4.98 Å². The second kappa shape index (κ2) is 5.94. The first kappa shape index (κ1) is 12.3. The summed E-state index contributed by atoms with van der Waals surface area (Å²) >= 11 is 4.08. The second-order valence-electron chi connectivity index (χ2n) is 4.14. The van der Waals surface area contributed by atoms with Gasteiger partial charge in [-0.15, -0.1) is 0 Å². The standard InChI is InChI=1S/C12H18N2S2/c1-9-12(16-6-5-15-9)11(13)7-10-3-2-4-14-8-10/h2-4,8-9,11-12H,5-7,13H2,1H3. The van der Waals surface area contributed by atoms with Gasteiger partial charge in [0.25, 0.3) is 0 Å². The highest BCUT2D eigenvalue weighted by Crippen LogP contribution is 2.33. The van der Waals surface area contributed by atoms with Gasteiger partial charge in [-0.25, -0.2) is 0 Å². The summed E-state index contributed by atoms with van der Waals surface area (Å²) in [4.78, 5) is 4.13. The molecule has 16 heavy (non-hydrogen) atoms. The number of hydrogen-bond acceptors (Lipinski definition) is 4. The van der Waals surface area contributed by atoms with Gasteiger partial charge in [0, 0.05) is 40.4 Å². The molecule has 2 rings (SSSR count). The minimum absolute atomic E-state index is 0.247. The summed E-state index contributed by atoms with van der Waals surface area (Å²) < 4.78 is 0. The molecule has 1 fully saturated rings. The predicted molar refractivity (Wildman–Crippen MR) is 74.1 cm³/mol. The van der Waals surface area contributed by atoms with Crippen molar-refractivity contribution in [3.8, 4) is 0 Å². The number of thioether (sulfide) groups is 2. The average Bonchev–Trinajstić information content (AvgIpc) is 2.31. The molecule has 3 atom stereocenters. The van der Waals surface area contributed by atoms with Crippen LogP contribution in [0.1, 0.15) is 12.5 Å². The molecule has 2 N–H and O–H groups in total. The van der Waals surface area contributed by atoms with E-state index in [1.165, 1.54) is 17.1 Å². The fraction of sp³-hybridized carbons (Fsp3) is 0.583. The third-order valence-corrected chi connectivity index (χ3v) is 6.13. The van der Waals surface area contributed by atoms with Gasteiger partial charge in [0.1, 0.15) is 0 Å². The topological polar surface area (TPSA) is 38.9 Å². The van der Waals surface area contributed by atoms with Crippen molar-refractivity contribution in [2.24, 2.45) is 5.73 Å². The van der Waals surface area contributed by atoms with Crippen LogP contribution in [0.2, 0.25) is 0 Å². The highest BCUT2D eigenvalue weighted by Gasteiger charge is 2.27. The first-order valence-electron chi connectivity index (χ1n) is 5.65. The molecule has 1 saturated heterocycles. The maximum absolute atomic E-state index is 6.31. The Morgan fingerprint density at radius 2 is 2.31 bits per heavy atom. The molecule has 0 amide bonds. The van der Waals surface area contributed by atoms with Gasteiger partial charge in [0.2, 0.25) is 0 Å². The maximum Gasteiger partial charge on any atom is 0.0318 e. The van der Waals surface area contributed by atoms with Crippen LogP contribution < -0.4 is 5.73 Å². The van der Waals surface area contributed by atoms with E-state index in [-0.39, 0.29) is 6.04 Å². The second-order valence-corrected chi connectivity index (χ2v) is 6.91. The molecule has 2 heterocycles. The summed E-state index contributed by atoms with van der Waals surface area (Å²) in [7, 11) is 0. The summed E-state index contributed by atoms with van der Waals surface area (Å²) in [6.45, 7) is 2.30. The number of nitrogens with two attached hydrogens (primary N) is 1. The third kappa shape index (κ3) is 3.15. The lowest BCUT2D eigenvalue weighted by Crippen LogP contribution is -2.42. The van der Waals surface area contributed by atoms with E-state index in [9.17, 15) is 0 Å². The van der Waals surface area contributed by atoms with E-state index >= 15 is 0 Å². The minimum atomic E-state index is 0.247. The van der Waals surface area contributed by atoms with Crippen LogP contribution in [0, 0.1) is 0 Å². The molecule has 0 bridgehead atoms. The highest BCUT2D eigenvalue weighted by atomic mass is 32.2. The van der Waals surface area contributed by atoms with E-state index in [4.69, 9.17) is 5.73 Å². The van der Waals surface area contributed by atoms with Crippen molar-refractivity contribution in [3.05, 3.63) is 30.1 Å². The summed E-state index contributed by atoms with van der Waals surface area (Å²) in [6, 6.07) is 4.34. The molecule has 2 nitrogen and oxygen atoms in total. The van der Waals surface area contributed by atoms with Gasteiger partial charge in [-0.05, 0) is 18.1 Å². The van der Waals surface area contributed by atoms with Crippen LogP contribution in [0.3, 0.4) is 0 Å². The molecule has 1 aliphatic rings. The van der Waals surface area contributed by atoms with Crippen molar-refractivity contribution < 1.29 is 0 Å². The lowest BCUT2D eigenvalue weighted by atomic mass is 10.0. The maximum atomic E-state index is 6.31. The zero-order valence-electron chi connectivity index (χ0n) is 9.50. The van der Waals surface area contributed by atoms with Gasteiger partial charge >= 0.3 is 0 Å². The van der Waals surface area contributed by atoms with Crippen molar-refractivity contribution in [2.45, 2.75) is 29.9 Å². The molecule has 1 aliphatic heterocycles. The van der Waals surface area contributed by atoms with Crippen LogP contribution in [0.25, 0.3) is 0 Å². The minimum Gasteiger partial charge on any atom is -0.326 e. The lowest BCUT2D eigenvalue weighted by molar-refractivity contribution is 0.621. The first-order valence-corrected chi connectivity index (χ1v) is 7.75. The highest BCUT2D eigenvalue weighted by molar-refractivity contribution is 8.07. The Morgan fingerprint density at radius 3 is 3.00 bits per heavy atom. The zero-order chi connectivity index (χ0) is 11.4. The summed E-state index contributed by atoms with van der Waals surface area (Å²) in [5.74, 6) is 2.50. The molecule has 0 radical (unpaired) electrons. The fourth-order valence-electron chi connectivity index (χ4n) is 2.03. The van der Waals surface area contributed by atoms with Crippen LogP contribution >= 0.6 is 23.5 Å². The lowest BCUT2D eigenvalue weighted by Gasteiger charge is -2.32. The van der Waals surface area contributed by atoms with Gasteiger partial charge in [0.05, 0.1) is 0 Å². The molecule has 1 aromatic heterocycles. The molecule has 0 spiro atoms. The van der Waals surface area contributed by atoms with Crippen LogP contribution in [0.5, 0.6) is 0 Å². The molecule has 3 unspecified atom stereocenters. The van der Waals surface area contributed by atoms with Crippen LogP contribution in [0.4, 0.5) is 0 Å². The van der Waals surface area contributed by atoms with Crippen molar-refractivity contribution in [2.75, 3.05) is 11.5 Å². The first-order chi connectivity index (χ1) is 7.77. The third-order valence-electron chi connectivity index (χ3n) is 2.85. The molecular weight excluding hydrogens is 236 g/mol. The van der Waals surface area contributed by atoms with E-state index in [0.29, 0.717) is 10.5 Å². The number of nitrogens with zero attached hydrogens (tertiary/aromatic N) is 1. The van der Waals surface area contributed by atoms with E-state index in [0.717, 1.165) is 6.42 Å². The summed E-state index contributed by atoms with van der Waals surface area (Å²) in [5, 5.41) is 1.25. The molecule has 88 valence electrons. The monoisotopic (exact) mass is 254 g/mol. The Kier molecular flexibility index (Phi) is 4.55. The summed E-state index contributed by atoms with van der Waals surface area (Å²) in [6.07, 6.45) is 4.67. The fourth-order valence-corrected chi connectivity index (χ4v) is 4.92. The quantitative estimate of drug-likeness (QED) is 0.897. The number of aromatic nitrogens is 1.